The van der Waals surface area contributed by atoms with E-state index in [1.807, 2.05) is 135 Å². The van der Waals surface area contributed by atoms with Gasteiger partial charge >= 0.3 is 11.9 Å². The molecule has 0 aromatic heterocycles. The fourth-order valence-corrected chi connectivity index (χ4v) is 8.75. The molecule has 6 aromatic carbocycles. The first-order chi connectivity index (χ1) is 30.2. The highest BCUT2D eigenvalue weighted by Crippen LogP contribution is 2.45. The highest BCUT2D eigenvalue weighted by Gasteiger charge is 2.39. The quantitative estimate of drug-likeness (QED) is 0.0814. The van der Waals surface area contributed by atoms with Gasteiger partial charge in [0, 0.05) is 39.3 Å². The number of anilines is 2. The normalized spacial score (nSPS) is 17.8. The standard InChI is InChI=1S/C52H54N4O6/c1-55(31-35-15-7-3-8-16-35)47-39-23-27-43(53)49(41(39)25-29-45(47)59-33-37-19-11-5-12-20-37)61-51(57)52(58)62-50-42-26-30-46(60-34-38-21-13-6-14-22-38)48(40(42)24-28-44(50)54)56(2)32-36-17-9-4-10-18-36/h3-22,25-26,29-30,43-44,49-50H,23-24,27-28,31-34,53-54H2,1-2H3. The molecular formula is C52H54N4O6. The summed E-state index contributed by atoms with van der Waals surface area (Å²) in [5.41, 5.74) is 22.9. The molecule has 2 aliphatic carbocycles. The lowest BCUT2D eigenvalue weighted by molar-refractivity contribution is -0.176. The fraction of sp³-hybridized carbons (Fsp3) is 0.269. The largest absolute Gasteiger partial charge is 0.487 e. The minimum Gasteiger partial charge on any atom is -0.487 e. The molecule has 0 radical (unpaired) electrons. The summed E-state index contributed by atoms with van der Waals surface area (Å²) in [5.74, 6) is -0.826. The van der Waals surface area contributed by atoms with Crippen molar-refractivity contribution in [3.05, 3.63) is 190 Å². The van der Waals surface area contributed by atoms with Crippen LogP contribution in [0.3, 0.4) is 0 Å². The van der Waals surface area contributed by atoms with Crippen molar-refractivity contribution in [2.75, 3.05) is 23.9 Å². The Morgan fingerprint density at radius 2 is 0.839 bits per heavy atom. The smallest absolute Gasteiger partial charge is 0.418 e. The van der Waals surface area contributed by atoms with E-state index in [1.54, 1.807) is 0 Å². The monoisotopic (exact) mass is 830 g/mol. The number of rotatable bonds is 14. The van der Waals surface area contributed by atoms with Crippen LogP contribution in [0.2, 0.25) is 0 Å². The number of nitrogens with two attached hydrogens (primary N) is 2. The molecule has 6 aromatic rings. The van der Waals surface area contributed by atoms with Crippen LogP contribution in [-0.2, 0) is 58.2 Å². The number of esters is 2. The zero-order valence-electron chi connectivity index (χ0n) is 35.3. The van der Waals surface area contributed by atoms with Gasteiger partial charge in [-0.2, -0.15) is 0 Å². The maximum atomic E-state index is 13.8. The van der Waals surface area contributed by atoms with E-state index in [9.17, 15) is 9.59 Å². The first kappa shape index (κ1) is 42.1. The molecule has 10 nitrogen and oxygen atoms in total. The van der Waals surface area contributed by atoms with Crippen LogP contribution in [0.5, 0.6) is 11.5 Å². The van der Waals surface area contributed by atoms with Gasteiger partial charge in [0.1, 0.15) is 36.9 Å². The Bertz CT molecular complexity index is 2280. The summed E-state index contributed by atoms with van der Waals surface area (Å²) in [4.78, 5) is 32.0. The topological polar surface area (TPSA) is 130 Å². The number of nitrogens with zero attached hydrogens (tertiary/aromatic N) is 2. The summed E-state index contributed by atoms with van der Waals surface area (Å²) in [6, 6.07) is 46.9. The molecule has 318 valence electrons. The van der Waals surface area contributed by atoms with Crippen LogP contribution in [-0.4, -0.2) is 38.1 Å². The summed E-state index contributed by atoms with van der Waals surface area (Å²) in [6.07, 6.45) is 0.559. The lowest BCUT2D eigenvalue weighted by Gasteiger charge is -2.36. The van der Waals surface area contributed by atoms with Gasteiger partial charge < -0.3 is 40.2 Å². The van der Waals surface area contributed by atoms with Crippen LogP contribution >= 0.6 is 0 Å². The Morgan fingerprint density at radius 1 is 0.500 bits per heavy atom. The predicted octanol–water partition coefficient (Wildman–Crippen LogP) is 8.53. The molecule has 2 aliphatic rings. The average molecular weight is 831 g/mol. The predicted molar refractivity (Wildman–Crippen MR) is 242 cm³/mol. The molecule has 4 atom stereocenters. The second-order valence-electron chi connectivity index (χ2n) is 16.2. The van der Waals surface area contributed by atoms with Crippen LogP contribution in [0.1, 0.15) is 69.6 Å². The van der Waals surface area contributed by atoms with E-state index in [0.717, 1.165) is 55.9 Å². The number of carbonyl (C=O) groups excluding carboxylic acids is 2. The SMILES string of the molecule is CN(Cc1ccccc1)c1c(OCc2ccccc2)ccc2c1CCC(N)C2OC(=O)C(=O)OC1c2ccc(OCc3ccccc3)c(N(C)Cc3ccccc3)c2CCC1N. The average Bonchev–Trinajstić information content (AvgIpc) is 3.30. The van der Waals surface area contributed by atoms with E-state index >= 15 is 0 Å². The van der Waals surface area contributed by atoms with Crippen molar-refractivity contribution in [2.24, 2.45) is 11.5 Å². The fourth-order valence-electron chi connectivity index (χ4n) is 8.75. The van der Waals surface area contributed by atoms with Gasteiger partial charge in [-0.25, -0.2) is 9.59 Å². The number of fused-ring (bicyclic) bond motifs is 2. The second-order valence-corrected chi connectivity index (χ2v) is 16.2. The summed E-state index contributed by atoms with van der Waals surface area (Å²) in [7, 11) is 4.05. The summed E-state index contributed by atoms with van der Waals surface area (Å²) >= 11 is 0. The molecule has 10 heteroatoms. The van der Waals surface area contributed by atoms with Gasteiger partial charge in [0.05, 0.1) is 11.4 Å². The van der Waals surface area contributed by atoms with Crippen LogP contribution < -0.4 is 30.7 Å². The van der Waals surface area contributed by atoms with Crippen molar-refractivity contribution in [3.8, 4) is 11.5 Å². The van der Waals surface area contributed by atoms with E-state index in [0.29, 0.717) is 63.5 Å². The van der Waals surface area contributed by atoms with E-state index in [2.05, 4.69) is 34.1 Å². The van der Waals surface area contributed by atoms with Gasteiger partial charge in [0.25, 0.3) is 0 Å². The van der Waals surface area contributed by atoms with Crippen LogP contribution in [0.4, 0.5) is 11.4 Å². The van der Waals surface area contributed by atoms with Crippen molar-refractivity contribution in [2.45, 2.75) is 76.3 Å². The molecule has 0 aliphatic heterocycles. The minimum atomic E-state index is -1.12. The van der Waals surface area contributed by atoms with Crippen molar-refractivity contribution < 1.29 is 28.5 Å². The molecule has 4 N–H and O–H groups in total. The number of carbonyl (C=O) groups is 2. The lowest BCUT2D eigenvalue weighted by Crippen LogP contribution is -2.40. The molecule has 0 amide bonds. The molecule has 4 unspecified atom stereocenters. The van der Waals surface area contributed by atoms with Gasteiger partial charge in [-0.3, -0.25) is 0 Å². The van der Waals surface area contributed by atoms with Crippen molar-refractivity contribution in [3.63, 3.8) is 0 Å². The van der Waals surface area contributed by atoms with Gasteiger partial charge in [-0.15, -0.1) is 0 Å². The van der Waals surface area contributed by atoms with Gasteiger partial charge in [-0.1, -0.05) is 133 Å². The Labute approximate surface area is 364 Å². The summed E-state index contributed by atoms with van der Waals surface area (Å²) in [5, 5.41) is 0. The molecule has 0 spiro atoms. The Morgan fingerprint density at radius 3 is 1.19 bits per heavy atom. The maximum absolute atomic E-state index is 13.8. The van der Waals surface area contributed by atoms with E-state index < -0.39 is 36.2 Å². The summed E-state index contributed by atoms with van der Waals surface area (Å²) < 4.78 is 25.0. The lowest BCUT2D eigenvalue weighted by atomic mass is 9.84. The molecule has 62 heavy (non-hydrogen) atoms. The molecule has 8 rings (SSSR count). The van der Waals surface area contributed by atoms with Crippen LogP contribution in [0.25, 0.3) is 0 Å². The minimum absolute atomic E-state index is 0.384. The highest BCUT2D eigenvalue weighted by atomic mass is 16.6. The second kappa shape index (κ2) is 19.4. The molecular weight excluding hydrogens is 777 g/mol. The number of hydrogen-bond donors (Lipinski definition) is 2. The summed E-state index contributed by atoms with van der Waals surface area (Å²) in [6.45, 7) is 2.01. The van der Waals surface area contributed by atoms with E-state index in [1.165, 1.54) is 0 Å². The third-order valence-electron chi connectivity index (χ3n) is 11.8. The first-order valence-electron chi connectivity index (χ1n) is 21.3. The first-order valence-corrected chi connectivity index (χ1v) is 21.3. The van der Waals surface area contributed by atoms with Crippen LogP contribution in [0.15, 0.2) is 146 Å². The van der Waals surface area contributed by atoms with E-state index in [4.69, 9.17) is 30.4 Å². The molecule has 0 fully saturated rings. The maximum Gasteiger partial charge on any atom is 0.418 e. The molecule has 0 saturated heterocycles. The highest BCUT2D eigenvalue weighted by molar-refractivity contribution is 6.29. The third kappa shape index (κ3) is 9.62. The van der Waals surface area contributed by atoms with Gasteiger partial charge in [0.2, 0.25) is 0 Å². The Balaban J connectivity index is 1.04. The number of benzene rings is 6. The number of hydrogen-bond acceptors (Lipinski definition) is 10. The Hall–Kier alpha value is -6.62. The third-order valence-corrected chi connectivity index (χ3v) is 11.8. The van der Waals surface area contributed by atoms with Crippen molar-refractivity contribution >= 4 is 23.3 Å². The zero-order chi connectivity index (χ0) is 43.0. The van der Waals surface area contributed by atoms with Gasteiger partial charge in [-0.05, 0) is 82.3 Å². The van der Waals surface area contributed by atoms with Crippen LogP contribution in [0, 0.1) is 0 Å². The number of ether oxygens (including phenoxy) is 4. The van der Waals surface area contributed by atoms with E-state index in [-0.39, 0.29) is 0 Å². The van der Waals surface area contributed by atoms with Crippen molar-refractivity contribution in [1.82, 2.24) is 0 Å². The molecule has 0 saturated carbocycles. The Kier molecular flexibility index (Phi) is 13.2. The van der Waals surface area contributed by atoms with Gasteiger partial charge in [0.15, 0.2) is 0 Å². The molecule has 0 heterocycles. The zero-order valence-corrected chi connectivity index (χ0v) is 35.3. The molecule has 0 bridgehead atoms. The van der Waals surface area contributed by atoms with Crippen molar-refractivity contribution in [1.29, 1.82) is 0 Å².